The Morgan fingerprint density at radius 1 is 1.47 bits per heavy atom. The first-order valence-electron chi connectivity index (χ1n) is 5.52. The Kier molecular flexibility index (Phi) is 2.78. The predicted molar refractivity (Wildman–Crippen MR) is 62.5 cm³/mol. The first-order valence-corrected chi connectivity index (χ1v) is 5.90. The molecular formula is C11H11ClN4O. The second kappa shape index (κ2) is 4.43. The van der Waals surface area contributed by atoms with Crippen LogP contribution in [0.3, 0.4) is 0 Å². The lowest BCUT2D eigenvalue weighted by Gasteiger charge is -2.01. The Bertz CT molecular complexity index is 522. The van der Waals surface area contributed by atoms with Gasteiger partial charge in [-0.2, -0.15) is 4.98 Å². The van der Waals surface area contributed by atoms with E-state index in [2.05, 4.69) is 20.4 Å². The molecule has 1 aliphatic rings. The smallest absolute Gasteiger partial charge is 0.244 e. The normalized spacial score (nSPS) is 19.7. The van der Waals surface area contributed by atoms with Crippen molar-refractivity contribution >= 4 is 11.6 Å². The molecule has 0 unspecified atom stereocenters. The van der Waals surface area contributed by atoms with Crippen molar-refractivity contribution in [1.29, 1.82) is 0 Å². The third-order valence-electron chi connectivity index (χ3n) is 2.77. The van der Waals surface area contributed by atoms with Crippen molar-refractivity contribution in [1.82, 2.24) is 20.4 Å². The Labute approximate surface area is 103 Å². The zero-order valence-electron chi connectivity index (χ0n) is 9.06. The van der Waals surface area contributed by atoms with Gasteiger partial charge in [0.15, 0.2) is 0 Å². The average molecular weight is 251 g/mol. The molecule has 17 heavy (non-hydrogen) atoms. The van der Waals surface area contributed by atoms with Crippen molar-refractivity contribution in [2.24, 2.45) is 0 Å². The van der Waals surface area contributed by atoms with E-state index < -0.39 is 0 Å². The molecule has 1 atom stereocenters. The number of nitrogens with one attached hydrogen (secondary N) is 1. The van der Waals surface area contributed by atoms with E-state index in [9.17, 15) is 0 Å². The quantitative estimate of drug-likeness (QED) is 0.885. The standard InChI is InChI=1S/C11H11ClN4O/c12-7-3-1-6-14-9(7)10-15-11(17-16-10)8-4-2-5-13-8/h1,3,6,8,13H,2,4-5H2/t8-/m1/s1. The van der Waals surface area contributed by atoms with E-state index in [1.807, 2.05) is 0 Å². The number of pyridine rings is 1. The maximum atomic E-state index is 6.03. The molecule has 0 radical (unpaired) electrons. The van der Waals surface area contributed by atoms with Crippen molar-refractivity contribution in [3.63, 3.8) is 0 Å². The van der Waals surface area contributed by atoms with Gasteiger partial charge in [-0.25, -0.2) is 0 Å². The summed E-state index contributed by atoms with van der Waals surface area (Å²) in [6, 6.07) is 3.69. The van der Waals surface area contributed by atoms with E-state index in [1.54, 1.807) is 18.3 Å². The van der Waals surface area contributed by atoms with Gasteiger partial charge in [0.2, 0.25) is 11.7 Å². The second-order valence-electron chi connectivity index (χ2n) is 3.94. The van der Waals surface area contributed by atoms with Crippen LogP contribution in [0.4, 0.5) is 0 Å². The summed E-state index contributed by atoms with van der Waals surface area (Å²) in [6.07, 6.45) is 3.81. The van der Waals surface area contributed by atoms with Crippen molar-refractivity contribution < 1.29 is 4.52 Å². The van der Waals surface area contributed by atoms with Gasteiger partial charge in [-0.05, 0) is 31.5 Å². The maximum Gasteiger partial charge on any atom is 0.244 e. The van der Waals surface area contributed by atoms with E-state index in [0.29, 0.717) is 22.4 Å². The van der Waals surface area contributed by atoms with Crippen LogP contribution in [0.2, 0.25) is 5.02 Å². The highest BCUT2D eigenvalue weighted by Crippen LogP contribution is 2.26. The molecule has 6 heteroatoms. The number of nitrogens with zero attached hydrogens (tertiary/aromatic N) is 3. The minimum atomic E-state index is 0.165. The van der Waals surface area contributed by atoms with Crippen LogP contribution in [0, 0.1) is 0 Å². The zero-order valence-corrected chi connectivity index (χ0v) is 9.81. The van der Waals surface area contributed by atoms with Crippen molar-refractivity contribution in [3.8, 4) is 11.5 Å². The van der Waals surface area contributed by atoms with Gasteiger partial charge < -0.3 is 9.84 Å². The summed E-state index contributed by atoms with van der Waals surface area (Å²) in [5, 5.41) is 7.75. The molecule has 2 aromatic heterocycles. The molecular weight excluding hydrogens is 240 g/mol. The number of hydrogen-bond donors (Lipinski definition) is 1. The van der Waals surface area contributed by atoms with E-state index in [4.69, 9.17) is 16.1 Å². The molecule has 0 saturated carbocycles. The first kappa shape index (κ1) is 10.7. The van der Waals surface area contributed by atoms with Gasteiger partial charge in [-0.15, -0.1) is 0 Å². The third-order valence-corrected chi connectivity index (χ3v) is 3.08. The van der Waals surface area contributed by atoms with Gasteiger partial charge in [0, 0.05) is 6.20 Å². The van der Waals surface area contributed by atoms with E-state index in [0.717, 1.165) is 19.4 Å². The second-order valence-corrected chi connectivity index (χ2v) is 4.35. The van der Waals surface area contributed by atoms with Crippen molar-refractivity contribution in [2.45, 2.75) is 18.9 Å². The molecule has 88 valence electrons. The van der Waals surface area contributed by atoms with Crippen LogP contribution in [0.25, 0.3) is 11.5 Å². The highest BCUT2D eigenvalue weighted by Gasteiger charge is 2.23. The van der Waals surface area contributed by atoms with Crippen molar-refractivity contribution in [2.75, 3.05) is 6.54 Å². The molecule has 3 rings (SSSR count). The molecule has 1 fully saturated rings. The first-order chi connectivity index (χ1) is 8.34. The monoisotopic (exact) mass is 250 g/mol. The molecule has 2 aromatic rings. The van der Waals surface area contributed by atoms with Crippen LogP contribution in [-0.4, -0.2) is 21.7 Å². The summed E-state index contributed by atoms with van der Waals surface area (Å²) in [5.41, 5.74) is 0.558. The van der Waals surface area contributed by atoms with Gasteiger partial charge in [-0.1, -0.05) is 16.8 Å². The Hall–Kier alpha value is -1.46. The van der Waals surface area contributed by atoms with Crippen molar-refractivity contribution in [3.05, 3.63) is 29.2 Å². The largest absolute Gasteiger partial charge is 0.337 e. The molecule has 0 amide bonds. The fraction of sp³-hybridized carbons (Fsp3) is 0.364. The minimum Gasteiger partial charge on any atom is -0.337 e. The topological polar surface area (TPSA) is 63.8 Å². The zero-order chi connectivity index (χ0) is 11.7. The van der Waals surface area contributed by atoms with Gasteiger partial charge in [-0.3, -0.25) is 4.98 Å². The van der Waals surface area contributed by atoms with Gasteiger partial charge in [0.1, 0.15) is 5.69 Å². The Morgan fingerprint density at radius 2 is 2.41 bits per heavy atom. The number of hydrogen-bond acceptors (Lipinski definition) is 5. The molecule has 1 saturated heterocycles. The number of aromatic nitrogens is 3. The van der Waals surface area contributed by atoms with Crippen LogP contribution in [0.15, 0.2) is 22.9 Å². The molecule has 3 heterocycles. The third kappa shape index (κ3) is 2.03. The molecule has 0 aromatic carbocycles. The summed E-state index contributed by atoms with van der Waals surface area (Å²) >= 11 is 6.03. The average Bonchev–Trinajstić information content (AvgIpc) is 3.00. The highest BCUT2D eigenvalue weighted by molar-refractivity contribution is 6.32. The van der Waals surface area contributed by atoms with Crippen LogP contribution >= 0.6 is 11.6 Å². The predicted octanol–water partition coefficient (Wildman–Crippen LogP) is 2.21. The van der Waals surface area contributed by atoms with Crippen LogP contribution < -0.4 is 5.32 Å². The van der Waals surface area contributed by atoms with Crippen LogP contribution in [-0.2, 0) is 0 Å². The molecule has 0 spiro atoms. The van der Waals surface area contributed by atoms with E-state index in [1.165, 1.54) is 0 Å². The van der Waals surface area contributed by atoms with E-state index in [-0.39, 0.29) is 6.04 Å². The van der Waals surface area contributed by atoms with Gasteiger partial charge in [0.05, 0.1) is 11.1 Å². The SMILES string of the molecule is Clc1cccnc1-c1noc([C@H]2CCCN2)n1. The molecule has 0 bridgehead atoms. The Balaban J connectivity index is 1.92. The lowest BCUT2D eigenvalue weighted by Crippen LogP contribution is -2.12. The van der Waals surface area contributed by atoms with Crippen LogP contribution in [0.5, 0.6) is 0 Å². The molecule has 1 N–H and O–H groups in total. The highest BCUT2D eigenvalue weighted by atomic mass is 35.5. The van der Waals surface area contributed by atoms with Crippen LogP contribution in [0.1, 0.15) is 24.8 Å². The summed E-state index contributed by atoms with van der Waals surface area (Å²) < 4.78 is 5.24. The summed E-state index contributed by atoms with van der Waals surface area (Å²) in [6.45, 7) is 0.993. The lowest BCUT2D eigenvalue weighted by atomic mass is 10.2. The fourth-order valence-corrected chi connectivity index (χ4v) is 2.12. The van der Waals surface area contributed by atoms with Gasteiger partial charge >= 0.3 is 0 Å². The minimum absolute atomic E-state index is 0.165. The van der Waals surface area contributed by atoms with Gasteiger partial charge in [0.25, 0.3) is 0 Å². The lowest BCUT2D eigenvalue weighted by molar-refractivity contribution is 0.345. The number of halogens is 1. The molecule has 5 nitrogen and oxygen atoms in total. The number of rotatable bonds is 2. The molecule has 1 aliphatic heterocycles. The fourth-order valence-electron chi connectivity index (χ4n) is 1.92. The van der Waals surface area contributed by atoms with E-state index >= 15 is 0 Å². The maximum absolute atomic E-state index is 6.03. The summed E-state index contributed by atoms with van der Waals surface area (Å²) in [5.74, 6) is 1.05. The molecule has 0 aliphatic carbocycles. The Morgan fingerprint density at radius 3 is 3.18 bits per heavy atom. The summed E-state index contributed by atoms with van der Waals surface area (Å²) in [7, 11) is 0. The summed E-state index contributed by atoms with van der Waals surface area (Å²) in [4.78, 5) is 8.49.